The van der Waals surface area contributed by atoms with E-state index < -0.39 is 17.8 Å². The molecule has 0 amide bonds. The summed E-state index contributed by atoms with van der Waals surface area (Å²) >= 11 is 0. The van der Waals surface area contributed by atoms with Crippen molar-refractivity contribution in [1.82, 2.24) is 0 Å². The van der Waals surface area contributed by atoms with Crippen LogP contribution in [0.2, 0.25) is 0 Å². The van der Waals surface area contributed by atoms with Gasteiger partial charge in [0.05, 0.1) is 25.5 Å². The van der Waals surface area contributed by atoms with E-state index in [9.17, 15) is 19.1 Å². The van der Waals surface area contributed by atoms with E-state index in [0.29, 0.717) is 5.56 Å². The van der Waals surface area contributed by atoms with E-state index in [0.717, 1.165) is 24.1 Å². The zero-order chi connectivity index (χ0) is 17.9. The molecule has 7 heteroatoms. The summed E-state index contributed by atoms with van der Waals surface area (Å²) in [5, 5.41) is 9.87. The summed E-state index contributed by atoms with van der Waals surface area (Å²) in [6.45, 7) is 1.54. The van der Waals surface area contributed by atoms with Crippen molar-refractivity contribution in [1.29, 1.82) is 0 Å². The SMILES string of the molecule is COC(=O)C1=C(C(=O)OC)N(c2cc(O)c(C)cc2F)C=CC=C1. The fraction of sp³-hybridized carbons (Fsp3) is 0.176. The molecule has 0 unspecified atom stereocenters. The van der Waals surface area contributed by atoms with Crippen LogP contribution in [0.1, 0.15) is 5.56 Å². The number of methoxy groups -OCH3 is 2. The number of carbonyl (C=O) groups is 2. The summed E-state index contributed by atoms with van der Waals surface area (Å²) in [5.41, 5.74) is -0.102. The second kappa shape index (κ2) is 6.99. The lowest BCUT2D eigenvalue weighted by atomic mass is 10.1. The molecule has 126 valence electrons. The Labute approximate surface area is 138 Å². The summed E-state index contributed by atoms with van der Waals surface area (Å²) in [7, 11) is 2.31. The van der Waals surface area contributed by atoms with Gasteiger partial charge in [0, 0.05) is 12.3 Å². The number of hydrogen-bond donors (Lipinski definition) is 1. The van der Waals surface area contributed by atoms with Crippen molar-refractivity contribution in [2.45, 2.75) is 6.92 Å². The van der Waals surface area contributed by atoms with Crippen molar-refractivity contribution < 1.29 is 28.6 Å². The maximum atomic E-state index is 14.4. The van der Waals surface area contributed by atoms with E-state index >= 15 is 0 Å². The molecule has 0 saturated carbocycles. The second-order valence-electron chi connectivity index (χ2n) is 4.91. The minimum atomic E-state index is -0.855. The van der Waals surface area contributed by atoms with Crippen LogP contribution in [0.15, 0.2) is 47.8 Å². The Balaban J connectivity index is 2.72. The molecule has 0 radical (unpaired) electrons. The maximum absolute atomic E-state index is 14.4. The minimum absolute atomic E-state index is 0.103. The standard InChI is InChI=1S/C17H16FNO5/c1-10-8-12(18)13(9-14(10)20)19-7-5-4-6-11(16(21)23-2)15(19)17(22)24-3/h4-9,20H,1-3H3. The van der Waals surface area contributed by atoms with Gasteiger partial charge in [-0.3, -0.25) is 0 Å². The molecule has 1 N–H and O–H groups in total. The van der Waals surface area contributed by atoms with Gasteiger partial charge in [0.2, 0.25) is 0 Å². The number of hydrogen-bond acceptors (Lipinski definition) is 6. The number of allylic oxidation sites excluding steroid dienone is 2. The first kappa shape index (κ1) is 17.3. The summed E-state index contributed by atoms with van der Waals surface area (Å²) in [4.78, 5) is 25.3. The molecule has 0 aliphatic carbocycles. The van der Waals surface area contributed by atoms with Crippen molar-refractivity contribution in [2.75, 3.05) is 19.1 Å². The van der Waals surface area contributed by atoms with Gasteiger partial charge in [-0.05, 0) is 30.7 Å². The number of benzene rings is 1. The van der Waals surface area contributed by atoms with Gasteiger partial charge in [-0.1, -0.05) is 6.08 Å². The van der Waals surface area contributed by atoms with E-state index in [-0.39, 0.29) is 22.7 Å². The van der Waals surface area contributed by atoms with Crippen molar-refractivity contribution in [3.8, 4) is 5.75 Å². The summed E-state index contributed by atoms with van der Waals surface area (Å²) in [5.74, 6) is -2.47. The minimum Gasteiger partial charge on any atom is -0.508 e. The number of carbonyl (C=O) groups excluding carboxylic acids is 2. The van der Waals surface area contributed by atoms with Crippen molar-refractivity contribution in [3.05, 3.63) is 59.2 Å². The van der Waals surface area contributed by atoms with E-state index in [1.54, 1.807) is 6.92 Å². The molecular weight excluding hydrogens is 317 g/mol. The number of esters is 2. The topological polar surface area (TPSA) is 76.1 Å². The average molecular weight is 333 g/mol. The van der Waals surface area contributed by atoms with Crippen LogP contribution >= 0.6 is 0 Å². The first-order chi connectivity index (χ1) is 11.4. The smallest absolute Gasteiger partial charge is 0.355 e. The Hall–Kier alpha value is -3.09. The zero-order valence-corrected chi connectivity index (χ0v) is 13.4. The van der Waals surface area contributed by atoms with Gasteiger partial charge >= 0.3 is 11.9 Å². The van der Waals surface area contributed by atoms with Crippen molar-refractivity contribution in [3.63, 3.8) is 0 Å². The lowest BCUT2D eigenvalue weighted by Gasteiger charge is -2.24. The van der Waals surface area contributed by atoms with Crippen molar-refractivity contribution >= 4 is 17.6 Å². The van der Waals surface area contributed by atoms with E-state index in [2.05, 4.69) is 4.74 Å². The monoisotopic (exact) mass is 333 g/mol. The van der Waals surface area contributed by atoms with Crippen molar-refractivity contribution in [2.24, 2.45) is 0 Å². The van der Waals surface area contributed by atoms with Crippen LogP contribution in [0, 0.1) is 12.7 Å². The average Bonchev–Trinajstić information content (AvgIpc) is 2.79. The number of ether oxygens (including phenoxy) is 2. The molecule has 6 nitrogen and oxygen atoms in total. The fourth-order valence-corrected chi connectivity index (χ4v) is 2.19. The molecular formula is C17H16FNO5. The summed E-state index contributed by atoms with van der Waals surface area (Å²) < 4.78 is 23.8. The quantitative estimate of drug-likeness (QED) is 0.856. The van der Waals surface area contributed by atoms with E-state index in [4.69, 9.17) is 4.74 Å². The molecule has 0 bridgehead atoms. The van der Waals surface area contributed by atoms with Crippen LogP contribution in [0.25, 0.3) is 0 Å². The van der Waals surface area contributed by atoms with Gasteiger partial charge in [-0.15, -0.1) is 0 Å². The molecule has 24 heavy (non-hydrogen) atoms. The molecule has 1 aliphatic heterocycles. The molecule has 1 aromatic carbocycles. The van der Waals surface area contributed by atoms with E-state index in [1.807, 2.05) is 0 Å². The number of aryl methyl sites for hydroxylation is 1. The highest BCUT2D eigenvalue weighted by Gasteiger charge is 2.29. The van der Waals surface area contributed by atoms with Gasteiger partial charge in [0.15, 0.2) is 0 Å². The number of halogens is 1. The number of aromatic hydroxyl groups is 1. The van der Waals surface area contributed by atoms with Crippen LogP contribution in [0.5, 0.6) is 5.75 Å². The third-order valence-electron chi connectivity index (χ3n) is 3.41. The largest absolute Gasteiger partial charge is 0.508 e. The third kappa shape index (κ3) is 3.15. The van der Waals surface area contributed by atoms with Gasteiger partial charge < -0.3 is 19.5 Å². The fourth-order valence-electron chi connectivity index (χ4n) is 2.19. The summed E-state index contributed by atoms with van der Waals surface area (Å²) in [6, 6.07) is 2.29. The van der Waals surface area contributed by atoms with Gasteiger partial charge in [-0.25, -0.2) is 14.0 Å². The molecule has 0 spiro atoms. The highest BCUT2D eigenvalue weighted by molar-refractivity contribution is 6.05. The van der Waals surface area contributed by atoms with Crippen LogP contribution in [-0.2, 0) is 19.1 Å². The third-order valence-corrected chi connectivity index (χ3v) is 3.41. The number of phenolic OH excluding ortho intramolecular Hbond substituents is 1. The van der Waals surface area contributed by atoms with Crippen LogP contribution in [-0.4, -0.2) is 31.3 Å². The Morgan fingerprint density at radius 2 is 1.79 bits per heavy atom. The molecule has 1 aromatic rings. The normalized spacial score (nSPS) is 13.8. The molecule has 2 rings (SSSR count). The predicted octanol–water partition coefficient (Wildman–Crippen LogP) is 2.33. The number of nitrogens with zero attached hydrogens (tertiary/aromatic N) is 1. The second-order valence-corrected chi connectivity index (χ2v) is 4.91. The molecule has 0 fully saturated rings. The molecule has 1 aliphatic rings. The van der Waals surface area contributed by atoms with Gasteiger partial charge in [0.25, 0.3) is 0 Å². The lowest BCUT2D eigenvalue weighted by Crippen LogP contribution is -2.27. The zero-order valence-electron chi connectivity index (χ0n) is 13.4. The molecule has 0 saturated heterocycles. The summed E-state index contributed by atoms with van der Waals surface area (Å²) in [6.07, 6.45) is 5.75. The first-order valence-electron chi connectivity index (χ1n) is 6.94. The van der Waals surface area contributed by atoms with Gasteiger partial charge in [-0.2, -0.15) is 0 Å². The van der Waals surface area contributed by atoms with Crippen LogP contribution in [0.3, 0.4) is 0 Å². The molecule has 0 aromatic heterocycles. The highest BCUT2D eigenvalue weighted by atomic mass is 19.1. The number of anilines is 1. The maximum Gasteiger partial charge on any atom is 0.355 e. The van der Waals surface area contributed by atoms with Crippen LogP contribution < -0.4 is 4.90 Å². The van der Waals surface area contributed by atoms with E-state index in [1.165, 1.54) is 31.5 Å². The Morgan fingerprint density at radius 1 is 1.12 bits per heavy atom. The van der Waals surface area contributed by atoms with Gasteiger partial charge in [0.1, 0.15) is 17.3 Å². The molecule has 0 atom stereocenters. The number of rotatable bonds is 3. The number of phenols is 1. The molecule has 1 heterocycles. The predicted molar refractivity (Wildman–Crippen MR) is 84.6 cm³/mol. The Kier molecular flexibility index (Phi) is 5.03. The Bertz CT molecular complexity index is 779. The Morgan fingerprint density at radius 3 is 2.42 bits per heavy atom. The lowest BCUT2D eigenvalue weighted by molar-refractivity contribution is -0.139. The van der Waals surface area contributed by atoms with Crippen LogP contribution in [0.4, 0.5) is 10.1 Å². The highest BCUT2D eigenvalue weighted by Crippen LogP contribution is 2.32. The first-order valence-corrected chi connectivity index (χ1v) is 6.94.